The highest BCUT2D eigenvalue weighted by Crippen LogP contribution is 2.03. The first-order valence-corrected chi connectivity index (χ1v) is 3.72. The fraction of sp³-hybridized carbons (Fsp3) is 0.857. The maximum Gasteiger partial charge on any atom is 0.509 e. The Bertz CT molecular complexity index is 112. The van der Waals surface area contributed by atoms with Gasteiger partial charge in [-0.1, -0.05) is 13.8 Å². The van der Waals surface area contributed by atoms with E-state index in [4.69, 9.17) is 10.5 Å². The first-order valence-electron chi connectivity index (χ1n) is 3.72. The standard InChI is InChI=1S/C7H14NO3/c1-3-6(4-2)11-7(9)10-5-8/h6,8H,3-5H2,1-2H3. The van der Waals surface area contributed by atoms with E-state index in [1.807, 2.05) is 13.8 Å². The number of carbonyl (C=O) groups excluding carboxylic acids is 1. The molecule has 0 heterocycles. The summed E-state index contributed by atoms with van der Waals surface area (Å²) in [7, 11) is 0. The van der Waals surface area contributed by atoms with Gasteiger partial charge in [0, 0.05) is 0 Å². The van der Waals surface area contributed by atoms with Crippen molar-refractivity contribution in [3.05, 3.63) is 0 Å². The van der Waals surface area contributed by atoms with Gasteiger partial charge < -0.3 is 9.47 Å². The van der Waals surface area contributed by atoms with Crippen molar-refractivity contribution in [1.82, 2.24) is 5.73 Å². The van der Waals surface area contributed by atoms with Crippen LogP contribution < -0.4 is 5.73 Å². The first-order chi connectivity index (χ1) is 5.24. The van der Waals surface area contributed by atoms with Crippen molar-refractivity contribution in [1.29, 1.82) is 0 Å². The van der Waals surface area contributed by atoms with Gasteiger partial charge in [0.2, 0.25) is 0 Å². The highest BCUT2D eigenvalue weighted by atomic mass is 16.7. The van der Waals surface area contributed by atoms with Gasteiger partial charge in [0.25, 0.3) is 0 Å². The Morgan fingerprint density at radius 2 is 2.00 bits per heavy atom. The van der Waals surface area contributed by atoms with Gasteiger partial charge in [-0.05, 0) is 12.8 Å². The normalized spacial score (nSPS) is 9.82. The first kappa shape index (κ1) is 10.2. The molecule has 4 heteroatoms. The number of ether oxygens (including phenoxy) is 2. The van der Waals surface area contributed by atoms with E-state index in [0.717, 1.165) is 12.8 Å². The van der Waals surface area contributed by atoms with Crippen LogP contribution in [0.3, 0.4) is 0 Å². The monoisotopic (exact) mass is 160 g/mol. The highest BCUT2D eigenvalue weighted by molar-refractivity contribution is 5.59. The third-order valence-corrected chi connectivity index (χ3v) is 1.36. The lowest BCUT2D eigenvalue weighted by molar-refractivity contribution is 0.0214. The smallest absolute Gasteiger partial charge is 0.431 e. The van der Waals surface area contributed by atoms with E-state index in [1.165, 1.54) is 0 Å². The lowest BCUT2D eigenvalue weighted by atomic mass is 10.2. The number of carbonyl (C=O) groups is 1. The van der Waals surface area contributed by atoms with Gasteiger partial charge in [-0.25, -0.2) is 10.5 Å². The summed E-state index contributed by atoms with van der Waals surface area (Å²) in [6, 6.07) is 0. The summed E-state index contributed by atoms with van der Waals surface area (Å²) in [4.78, 5) is 10.6. The van der Waals surface area contributed by atoms with Gasteiger partial charge in [-0.2, -0.15) is 0 Å². The van der Waals surface area contributed by atoms with E-state index in [2.05, 4.69) is 4.74 Å². The third kappa shape index (κ3) is 4.61. The molecule has 0 aliphatic rings. The Morgan fingerprint density at radius 3 is 2.36 bits per heavy atom. The van der Waals surface area contributed by atoms with Crippen LogP contribution in [0.25, 0.3) is 0 Å². The van der Waals surface area contributed by atoms with Gasteiger partial charge >= 0.3 is 6.16 Å². The SMILES string of the molecule is CCC(CC)OC(=O)OC[NH]. The van der Waals surface area contributed by atoms with E-state index in [-0.39, 0.29) is 12.8 Å². The zero-order chi connectivity index (χ0) is 8.69. The molecule has 0 unspecified atom stereocenters. The maximum atomic E-state index is 10.6. The van der Waals surface area contributed by atoms with E-state index < -0.39 is 6.16 Å². The van der Waals surface area contributed by atoms with Gasteiger partial charge in [0.05, 0.1) is 0 Å². The largest absolute Gasteiger partial charge is 0.509 e. The molecular weight excluding hydrogens is 146 g/mol. The number of hydrogen-bond donors (Lipinski definition) is 0. The van der Waals surface area contributed by atoms with Crippen molar-refractivity contribution < 1.29 is 14.3 Å². The molecule has 0 fully saturated rings. The third-order valence-electron chi connectivity index (χ3n) is 1.36. The summed E-state index contributed by atoms with van der Waals surface area (Å²) in [6.45, 7) is 3.49. The summed E-state index contributed by atoms with van der Waals surface area (Å²) in [6.07, 6.45) is 0.746. The Labute approximate surface area is 66.7 Å². The van der Waals surface area contributed by atoms with Crippen LogP contribution in [0.5, 0.6) is 0 Å². The van der Waals surface area contributed by atoms with Gasteiger partial charge in [0.15, 0.2) is 6.73 Å². The average Bonchev–Trinajstić information content (AvgIpc) is 2.01. The van der Waals surface area contributed by atoms with Crippen molar-refractivity contribution in [3.8, 4) is 0 Å². The molecule has 4 nitrogen and oxygen atoms in total. The summed E-state index contributed by atoms with van der Waals surface area (Å²) >= 11 is 0. The van der Waals surface area contributed by atoms with Crippen LogP contribution in [-0.4, -0.2) is 19.0 Å². The molecule has 0 bridgehead atoms. The predicted molar refractivity (Wildman–Crippen MR) is 39.9 cm³/mol. The van der Waals surface area contributed by atoms with Crippen molar-refractivity contribution >= 4 is 6.16 Å². The van der Waals surface area contributed by atoms with Crippen LogP contribution >= 0.6 is 0 Å². The number of hydrogen-bond acceptors (Lipinski definition) is 3. The van der Waals surface area contributed by atoms with E-state index in [0.29, 0.717) is 0 Å². The highest BCUT2D eigenvalue weighted by Gasteiger charge is 2.10. The summed E-state index contributed by atoms with van der Waals surface area (Å²) in [5.41, 5.74) is 6.57. The van der Waals surface area contributed by atoms with Crippen LogP contribution in [0.2, 0.25) is 0 Å². The van der Waals surface area contributed by atoms with Crippen molar-refractivity contribution in [2.75, 3.05) is 6.73 Å². The van der Waals surface area contributed by atoms with Gasteiger partial charge in [0.1, 0.15) is 6.10 Å². The molecule has 11 heavy (non-hydrogen) atoms. The Morgan fingerprint density at radius 1 is 1.45 bits per heavy atom. The molecule has 0 atom stereocenters. The summed E-state index contributed by atoms with van der Waals surface area (Å²) in [5.74, 6) is 0. The molecule has 1 N–H and O–H groups in total. The van der Waals surface area contributed by atoms with Crippen molar-refractivity contribution in [2.45, 2.75) is 32.8 Å². The molecule has 65 valence electrons. The van der Waals surface area contributed by atoms with E-state index >= 15 is 0 Å². The van der Waals surface area contributed by atoms with Gasteiger partial charge in [-0.15, -0.1) is 0 Å². The molecule has 0 aliphatic carbocycles. The molecule has 0 saturated heterocycles. The molecule has 0 rings (SSSR count). The predicted octanol–water partition coefficient (Wildman–Crippen LogP) is 1.57. The molecule has 0 aromatic carbocycles. The Hall–Kier alpha value is -0.770. The zero-order valence-corrected chi connectivity index (χ0v) is 6.92. The number of nitrogens with one attached hydrogen (secondary N) is 1. The second kappa shape index (κ2) is 5.97. The van der Waals surface area contributed by atoms with Crippen LogP contribution in [-0.2, 0) is 9.47 Å². The van der Waals surface area contributed by atoms with Crippen molar-refractivity contribution in [2.24, 2.45) is 0 Å². The Kier molecular flexibility index (Phi) is 5.56. The second-order valence-electron chi connectivity index (χ2n) is 2.10. The molecular formula is C7H14NO3. The van der Waals surface area contributed by atoms with Gasteiger partial charge in [-0.3, -0.25) is 0 Å². The van der Waals surface area contributed by atoms with Crippen LogP contribution in [0.1, 0.15) is 26.7 Å². The fourth-order valence-corrected chi connectivity index (χ4v) is 0.684. The molecule has 1 radical (unpaired) electrons. The lowest BCUT2D eigenvalue weighted by Gasteiger charge is -2.12. The van der Waals surface area contributed by atoms with E-state index in [9.17, 15) is 4.79 Å². The minimum Gasteiger partial charge on any atom is -0.431 e. The lowest BCUT2D eigenvalue weighted by Crippen LogP contribution is -2.18. The second-order valence-corrected chi connectivity index (χ2v) is 2.10. The minimum absolute atomic E-state index is 0.0750. The molecule has 0 spiro atoms. The molecule has 0 saturated carbocycles. The molecule has 0 aliphatic heterocycles. The molecule has 0 aromatic rings. The summed E-state index contributed by atoms with van der Waals surface area (Å²) in [5, 5.41) is 0. The van der Waals surface area contributed by atoms with Crippen LogP contribution in [0.4, 0.5) is 4.79 Å². The van der Waals surface area contributed by atoms with Crippen molar-refractivity contribution in [3.63, 3.8) is 0 Å². The molecule has 0 amide bonds. The maximum absolute atomic E-state index is 10.6. The molecule has 0 aromatic heterocycles. The fourth-order valence-electron chi connectivity index (χ4n) is 0.684. The quantitative estimate of drug-likeness (QED) is 0.586. The van der Waals surface area contributed by atoms with Crippen LogP contribution in [0, 0.1) is 0 Å². The summed E-state index contributed by atoms with van der Waals surface area (Å²) < 4.78 is 9.09. The minimum atomic E-state index is -0.742. The topological polar surface area (TPSA) is 59.3 Å². The Balaban J connectivity index is 3.54. The van der Waals surface area contributed by atoms with E-state index in [1.54, 1.807) is 0 Å². The zero-order valence-electron chi connectivity index (χ0n) is 6.92. The number of rotatable bonds is 4. The average molecular weight is 160 g/mol. The van der Waals surface area contributed by atoms with Crippen LogP contribution in [0.15, 0.2) is 0 Å².